The van der Waals surface area contributed by atoms with Gasteiger partial charge in [0.1, 0.15) is 5.82 Å². The van der Waals surface area contributed by atoms with Crippen molar-refractivity contribution in [1.82, 2.24) is 0 Å². The number of nitrogens with two attached hydrogens (primary N) is 1. The molecule has 3 nitrogen and oxygen atoms in total. The molecular formula is C13H10FN3. The van der Waals surface area contributed by atoms with E-state index in [-0.39, 0.29) is 5.82 Å². The summed E-state index contributed by atoms with van der Waals surface area (Å²) in [6.07, 6.45) is 0. The summed E-state index contributed by atoms with van der Waals surface area (Å²) in [5.74, 6) is -0.366. The maximum Gasteiger partial charge on any atom is 0.146 e. The third kappa shape index (κ3) is 2.34. The number of nitrogens with zero attached hydrogens (tertiary/aromatic N) is 1. The van der Waals surface area contributed by atoms with Gasteiger partial charge in [0.05, 0.1) is 28.7 Å². The molecular weight excluding hydrogens is 217 g/mol. The van der Waals surface area contributed by atoms with Gasteiger partial charge in [0.25, 0.3) is 0 Å². The summed E-state index contributed by atoms with van der Waals surface area (Å²) in [7, 11) is 0. The summed E-state index contributed by atoms with van der Waals surface area (Å²) in [6, 6.07) is 13.1. The minimum Gasteiger partial charge on any atom is -0.397 e. The summed E-state index contributed by atoms with van der Waals surface area (Å²) in [5, 5.41) is 11.6. The molecule has 0 atom stereocenters. The number of benzene rings is 2. The standard InChI is InChI=1S/C13H10FN3/c14-10-3-1-2-4-12(10)17-13-7-9(8-15)5-6-11(13)16/h1-7,17H,16H2. The first kappa shape index (κ1) is 11.0. The largest absolute Gasteiger partial charge is 0.397 e. The van der Waals surface area contributed by atoms with Crippen LogP contribution in [0.25, 0.3) is 0 Å². The molecule has 0 fully saturated rings. The fraction of sp³-hybridized carbons (Fsp3) is 0. The SMILES string of the molecule is N#Cc1ccc(N)c(Nc2ccccc2F)c1. The Balaban J connectivity index is 2.37. The number of hydrogen-bond donors (Lipinski definition) is 2. The Kier molecular flexibility index (Phi) is 2.93. The molecule has 0 unspecified atom stereocenters. The lowest BCUT2D eigenvalue weighted by Crippen LogP contribution is -1.98. The van der Waals surface area contributed by atoms with Crippen molar-refractivity contribution in [3.8, 4) is 6.07 Å². The molecule has 4 heteroatoms. The molecule has 0 amide bonds. The topological polar surface area (TPSA) is 61.8 Å². The van der Waals surface area contributed by atoms with Crippen LogP contribution < -0.4 is 11.1 Å². The molecule has 0 spiro atoms. The van der Waals surface area contributed by atoms with Gasteiger partial charge in [-0.05, 0) is 30.3 Å². The van der Waals surface area contributed by atoms with E-state index in [0.29, 0.717) is 22.6 Å². The van der Waals surface area contributed by atoms with Crippen molar-refractivity contribution in [2.45, 2.75) is 0 Å². The maximum absolute atomic E-state index is 13.4. The van der Waals surface area contributed by atoms with E-state index < -0.39 is 0 Å². The highest BCUT2D eigenvalue weighted by molar-refractivity contribution is 5.74. The van der Waals surface area contributed by atoms with Gasteiger partial charge in [0.2, 0.25) is 0 Å². The number of halogens is 1. The molecule has 2 rings (SSSR count). The summed E-state index contributed by atoms with van der Waals surface area (Å²) in [4.78, 5) is 0. The predicted molar refractivity (Wildman–Crippen MR) is 65.3 cm³/mol. The summed E-state index contributed by atoms with van der Waals surface area (Å²) >= 11 is 0. The van der Waals surface area contributed by atoms with E-state index in [9.17, 15) is 4.39 Å². The normalized spacial score (nSPS) is 9.65. The Hall–Kier alpha value is -2.54. The first-order chi connectivity index (χ1) is 8.20. The van der Waals surface area contributed by atoms with Gasteiger partial charge in [-0.25, -0.2) is 4.39 Å². The molecule has 0 saturated heterocycles. The van der Waals surface area contributed by atoms with Gasteiger partial charge in [-0.3, -0.25) is 0 Å². The highest BCUT2D eigenvalue weighted by atomic mass is 19.1. The first-order valence-corrected chi connectivity index (χ1v) is 5.02. The molecule has 17 heavy (non-hydrogen) atoms. The monoisotopic (exact) mass is 227 g/mol. The highest BCUT2D eigenvalue weighted by Crippen LogP contribution is 2.25. The number of rotatable bonds is 2. The fourth-order valence-corrected chi connectivity index (χ4v) is 1.44. The zero-order valence-electron chi connectivity index (χ0n) is 8.94. The molecule has 0 aliphatic carbocycles. The molecule has 0 aliphatic rings. The number of para-hydroxylation sites is 1. The Morgan fingerprint density at radius 3 is 2.59 bits per heavy atom. The van der Waals surface area contributed by atoms with Crippen molar-refractivity contribution < 1.29 is 4.39 Å². The van der Waals surface area contributed by atoms with E-state index in [1.54, 1.807) is 36.4 Å². The van der Waals surface area contributed by atoms with Crippen LogP contribution in [-0.2, 0) is 0 Å². The van der Waals surface area contributed by atoms with Crippen molar-refractivity contribution in [2.24, 2.45) is 0 Å². The predicted octanol–water partition coefficient (Wildman–Crippen LogP) is 3.02. The lowest BCUT2D eigenvalue weighted by molar-refractivity contribution is 0.632. The van der Waals surface area contributed by atoms with E-state index >= 15 is 0 Å². The average Bonchev–Trinajstić information content (AvgIpc) is 2.35. The molecule has 2 aromatic carbocycles. The summed E-state index contributed by atoms with van der Waals surface area (Å²) < 4.78 is 13.4. The molecule has 3 N–H and O–H groups in total. The van der Waals surface area contributed by atoms with E-state index in [1.165, 1.54) is 6.07 Å². The lowest BCUT2D eigenvalue weighted by atomic mass is 10.2. The van der Waals surface area contributed by atoms with Crippen LogP contribution in [0.15, 0.2) is 42.5 Å². The minimum atomic E-state index is -0.366. The van der Waals surface area contributed by atoms with Crippen molar-refractivity contribution in [2.75, 3.05) is 11.1 Å². The Labute approximate surface area is 98.3 Å². The van der Waals surface area contributed by atoms with Gasteiger partial charge < -0.3 is 11.1 Å². The summed E-state index contributed by atoms with van der Waals surface area (Å²) in [5.41, 5.74) is 7.53. The average molecular weight is 227 g/mol. The molecule has 0 heterocycles. The number of nitrogens with one attached hydrogen (secondary N) is 1. The van der Waals surface area contributed by atoms with Gasteiger partial charge in [-0.15, -0.1) is 0 Å². The minimum absolute atomic E-state index is 0.328. The van der Waals surface area contributed by atoms with E-state index in [1.807, 2.05) is 6.07 Å². The Morgan fingerprint density at radius 1 is 1.12 bits per heavy atom. The second kappa shape index (κ2) is 4.54. The first-order valence-electron chi connectivity index (χ1n) is 5.02. The van der Waals surface area contributed by atoms with Crippen molar-refractivity contribution in [3.05, 3.63) is 53.8 Å². The molecule has 0 saturated carbocycles. The van der Waals surface area contributed by atoms with Gasteiger partial charge in [0.15, 0.2) is 0 Å². The number of hydrogen-bond acceptors (Lipinski definition) is 3. The van der Waals surface area contributed by atoms with Crippen molar-refractivity contribution in [3.63, 3.8) is 0 Å². The van der Waals surface area contributed by atoms with Crippen LogP contribution in [0.1, 0.15) is 5.56 Å². The lowest BCUT2D eigenvalue weighted by Gasteiger charge is -2.10. The van der Waals surface area contributed by atoms with E-state index in [2.05, 4.69) is 5.32 Å². The summed E-state index contributed by atoms with van der Waals surface area (Å²) in [6.45, 7) is 0. The van der Waals surface area contributed by atoms with Gasteiger partial charge in [-0.2, -0.15) is 5.26 Å². The van der Waals surface area contributed by atoms with Crippen molar-refractivity contribution >= 4 is 17.1 Å². The van der Waals surface area contributed by atoms with Crippen LogP contribution in [0, 0.1) is 17.1 Å². The third-order valence-corrected chi connectivity index (χ3v) is 2.33. The zero-order valence-corrected chi connectivity index (χ0v) is 8.94. The van der Waals surface area contributed by atoms with E-state index in [4.69, 9.17) is 11.0 Å². The highest BCUT2D eigenvalue weighted by Gasteiger charge is 2.04. The van der Waals surface area contributed by atoms with Crippen LogP contribution in [0.5, 0.6) is 0 Å². The van der Waals surface area contributed by atoms with Crippen LogP contribution in [0.2, 0.25) is 0 Å². The molecule has 2 aromatic rings. The zero-order chi connectivity index (χ0) is 12.3. The molecule has 0 radical (unpaired) electrons. The van der Waals surface area contributed by atoms with Crippen LogP contribution in [0.3, 0.4) is 0 Å². The number of anilines is 3. The maximum atomic E-state index is 13.4. The van der Waals surface area contributed by atoms with Gasteiger partial charge in [0, 0.05) is 0 Å². The molecule has 84 valence electrons. The van der Waals surface area contributed by atoms with E-state index in [0.717, 1.165) is 0 Å². The quantitative estimate of drug-likeness (QED) is 0.775. The van der Waals surface area contributed by atoms with Crippen LogP contribution >= 0.6 is 0 Å². The Bertz CT molecular complexity index is 587. The van der Waals surface area contributed by atoms with Crippen LogP contribution in [0.4, 0.5) is 21.5 Å². The fourth-order valence-electron chi connectivity index (χ4n) is 1.44. The Morgan fingerprint density at radius 2 is 1.88 bits per heavy atom. The number of nitrogen functional groups attached to an aromatic ring is 1. The number of nitriles is 1. The second-order valence-electron chi connectivity index (χ2n) is 3.52. The molecule has 0 aromatic heterocycles. The van der Waals surface area contributed by atoms with Gasteiger partial charge in [-0.1, -0.05) is 12.1 Å². The van der Waals surface area contributed by atoms with Gasteiger partial charge >= 0.3 is 0 Å². The second-order valence-corrected chi connectivity index (χ2v) is 3.52. The molecule has 0 aliphatic heterocycles. The van der Waals surface area contributed by atoms with Crippen molar-refractivity contribution in [1.29, 1.82) is 5.26 Å². The molecule has 0 bridgehead atoms. The smallest absolute Gasteiger partial charge is 0.146 e. The van der Waals surface area contributed by atoms with Crippen LogP contribution in [-0.4, -0.2) is 0 Å². The third-order valence-electron chi connectivity index (χ3n) is 2.33.